The van der Waals surface area contributed by atoms with E-state index in [4.69, 9.17) is 28.9 Å². The van der Waals surface area contributed by atoms with Gasteiger partial charge in [-0.3, -0.25) is 0 Å². The standard InChI is InChI=1S/C11H13Cl2NO/c12-7-4-8(11(15)9(13)5-7)10(14)3-6-1-2-6/h4-6,10,15H,1-3,14H2/t10-/m0/s1. The summed E-state index contributed by atoms with van der Waals surface area (Å²) in [7, 11) is 0. The smallest absolute Gasteiger partial charge is 0.139 e. The number of phenolic OH excluding ortho intramolecular Hbond substituents is 1. The molecule has 0 saturated heterocycles. The minimum Gasteiger partial charge on any atom is -0.506 e. The molecule has 1 atom stereocenters. The van der Waals surface area contributed by atoms with Gasteiger partial charge in [0, 0.05) is 16.6 Å². The molecule has 3 N–H and O–H groups in total. The van der Waals surface area contributed by atoms with E-state index in [-0.39, 0.29) is 16.8 Å². The molecule has 0 aliphatic heterocycles. The SMILES string of the molecule is N[C@@H](CC1CC1)c1cc(Cl)cc(Cl)c1O. The van der Waals surface area contributed by atoms with Crippen LogP contribution in [-0.4, -0.2) is 5.11 Å². The summed E-state index contributed by atoms with van der Waals surface area (Å²) in [4.78, 5) is 0. The van der Waals surface area contributed by atoms with Gasteiger partial charge < -0.3 is 10.8 Å². The number of phenols is 1. The summed E-state index contributed by atoms with van der Waals surface area (Å²) in [5.41, 5.74) is 6.65. The maximum absolute atomic E-state index is 9.76. The number of nitrogens with two attached hydrogens (primary N) is 1. The molecular formula is C11H13Cl2NO. The molecule has 0 spiro atoms. The molecule has 82 valence electrons. The van der Waals surface area contributed by atoms with E-state index in [1.54, 1.807) is 6.07 Å². The molecule has 1 aliphatic rings. The van der Waals surface area contributed by atoms with Gasteiger partial charge in [-0.2, -0.15) is 0 Å². The summed E-state index contributed by atoms with van der Waals surface area (Å²) in [5.74, 6) is 0.770. The lowest BCUT2D eigenvalue weighted by atomic mass is 10.0. The molecule has 4 heteroatoms. The molecule has 1 aromatic carbocycles. The Kier molecular flexibility index (Phi) is 3.10. The fourth-order valence-corrected chi connectivity index (χ4v) is 2.22. The fourth-order valence-electron chi connectivity index (χ4n) is 1.71. The molecule has 0 bridgehead atoms. The van der Waals surface area contributed by atoms with E-state index in [0.29, 0.717) is 16.5 Å². The van der Waals surface area contributed by atoms with Crippen molar-refractivity contribution >= 4 is 23.2 Å². The normalized spacial score (nSPS) is 17.8. The van der Waals surface area contributed by atoms with Crippen LogP contribution in [0.1, 0.15) is 30.9 Å². The summed E-state index contributed by atoms with van der Waals surface area (Å²) in [6.07, 6.45) is 3.37. The van der Waals surface area contributed by atoms with Gasteiger partial charge in [0.2, 0.25) is 0 Å². The second-order valence-electron chi connectivity index (χ2n) is 4.11. The Hall–Kier alpha value is -0.440. The van der Waals surface area contributed by atoms with Crippen molar-refractivity contribution < 1.29 is 5.11 Å². The van der Waals surface area contributed by atoms with Gasteiger partial charge in [0.25, 0.3) is 0 Å². The van der Waals surface area contributed by atoms with Crippen molar-refractivity contribution in [1.29, 1.82) is 0 Å². The highest BCUT2D eigenvalue weighted by Gasteiger charge is 2.26. The Morgan fingerprint density at radius 1 is 1.40 bits per heavy atom. The van der Waals surface area contributed by atoms with Gasteiger partial charge >= 0.3 is 0 Å². The average Bonchev–Trinajstić information content (AvgIpc) is 2.94. The predicted octanol–water partition coefficient (Wildman–Crippen LogP) is 3.50. The van der Waals surface area contributed by atoms with Crippen LogP contribution in [0.25, 0.3) is 0 Å². The van der Waals surface area contributed by atoms with Crippen LogP contribution in [-0.2, 0) is 0 Å². The fraction of sp³-hybridized carbons (Fsp3) is 0.455. The molecule has 2 rings (SSSR count). The van der Waals surface area contributed by atoms with Crippen molar-refractivity contribution in [2.75, 3.05) is 0 Å². The van der Waals surface area contributed by atoms with Crippen molar-refractivity contribution in [1.82, 2.24) is 0 Å². The van der Waals surface area contributed by atoms with Gasteiger partial charge in [-0.05, 0) is 24.5 Å². The van der Waals surface area contributed by atoms with Gasteiger partial charge in [-0.15, -0.1) is 0 Å². The maximum atomic E-state index is 9.76. The second kappa shape index (κ2) is 4.20. The van der Waals surface area contributed by atoms with Crippen LogP contribution < -0.4 is 5.73 Å². The third-order valence-electron chi connectivity index (χ3n) is 2.74. The Labute approximate surface area is 99.0 Å². The topological polar surface area (TPSA) is 46.2 Å². The maximum Gasteiger partial charge on any atom is 0.139 e. The summed E-state index contributed by atoms with van der Waals surface area (Å²) in [5, 5.41) is 10.5. The third kappa shape index (κ3) is 2.57. The van der Waals surface area contributed by atoms with Crippen molar-refractivity contribution in [3.8, 4) is 5.75 Å². The van der Waals surface area contributed by atoms with Gasteiger partial charge in [-0.1, -0.05) is 36.0 Å². The largest absolute Gasteiger partial charge is 0.506 e. The van der Waals surface area contributed by atoms with Gasteiger partial charge in [-0.25, -0.2) is 0 Å². The van der Waals surface area contributed by atoms with E-state index in [0.717, 1.165) is 6.42 Å². The minimum atomic E-state index is -0.173. The molecular weight excluding hydrogens is 233 g/mol. The molecule has 1 fully saturated rings. The highest BCUT2D eigenvalue weighted by Crippen LogP contribution is 2.41. The highest BCUT2D eigenvalue weighted by atomic mass is 35.5. The number of aromatic hydroxyl groups is 1. The summed E-state index contributed by atoms with van der Waals surface area (Å²) in [6.45, 7) is 0. The van der Waals surface area contributed by atoms with Gasteiger partial charge in [0.1, 0.15) is 5.75 Å². The molecule has 0 unspecified atom stereocenters. The molecule has 1 aromatic rings. The van der Waals surface area contributed by atoms with Crippen molar-refractivity contribution in [3.05, 3.63) is 27.7 Å². The molecule has 0 aromatic heterocycles. The van der Waals surface area contributed by atoms with Crippen LogP contribution in [0, 0.1) is 5.92 Å². The first-order chi connectivity index (χ1) is 7.08. The molecule has 0 amide bonds. The first-order valence-electron chi connectivity index (χ1n) is 5.01. The van der Waals surface area contributed by atoms with Crippen LogP contribution in [0.15, 0.2) is 12.1 Å². The first kappa shape index (κ1) is 11.1. The number of hydrogen-bond acceptors (Lipinski definition) is 2. The zero-order chi connectivity index (χ0) is 11.0. The number of benzene rings is 1. The van der Waals surface area contributed by atoms with Gasteiger partial charge in [0.05, 0.1) is 5.02 Å². The monoisotopic (exact) mass is 245 g/mol. The molecule has 2 nitrogen and oxygen atoms in total. The average molecular weight is 246 g/mol. The van der Waals surface area contributed by atoms with E-state index in [1.165, 1.54) is 18.9 Å². The quantitative estimate of drug-likeness (QED) is 0.857. The zero-order valence-electron chi connectivity index (χ0n) is 8.21. The Morgan fingerprint density at radius 2 is 2.07 bits per heavy atom. The Morgan fingerprint density at radius 3 is 2.67 bits per heavy atom. The third-order valence-corrected chi connectivity index (χ3v) is 3.25. The molecule has 0 heterocycles. The van der Waals surface area contributed by atoms with Crippen LogP contribution in [0.3, 0.4) is 0 Å². The van der Waals surface area contributed by atoms with E-state index in [1.807, 2.05) is 0 Å². The summed E-state index contributed by atoms with van der Waals surface area (Å²) >= 11 is 11.7. The van der Waals surface area contributed by atoms with Crippen LogP contribution in [0.4, 0.5) is 0 Å². The minimum absolute atomic E-state index is 0.0641. The first-order valence-corrected chi connectivity index (χ1v) is 5.77. The van der Waals surface area contributed by atoms with Crippen molar-refractivity contribution in [3.63, 3.8) is 0 Å². The van der Waals surface area contributed by atoms with Crippen LogP contribution >= 0.6 is 23.2 Å². The summed E-state index contributed by atoms with van der Waals surface area (Å²) in [6, 6.07) is 3.04. The zero-order valence-corrected chi connectivity index (χ0v) is 9.72. The number of rotatable bonds is 3. The summed E-state index contributed by atoms with van der Waals surface area (Å²) < 4.78 is 0. The molecule has 1 aliphatic carbocycles. The molecule has 1 saturated carbocycles. The van der Waals surface area contributed by atoms with Gasteiger partial charge in [0.15, 0.2) is 0 Å². The van der Waals surface area contributed by atoms with E-state index >= 15 is 0 Å². The predicted molar refractivity (Wildman–Crippen MR) is 62.4 cm³/mol. The van der Waals surface area contributed by atoms with Crippen molar-refractivity contribution in [2.45, 2.75) is 25.3 Å². The van der Waals surface area contributed by atoms with E-state index < -0.39 is 0 Å². The van der Waals surface area contributed by atoms with Crippen molar-refractivity contribution in [2.24, 2.45) is 11.7 Å². The van der Waals surface area contributed by atoms with E-state index in [9.17, 15) is 5.11 Å². The molecule has 15 heavy (non-hydrogen) atoms. The Bertz CT molecular complexity index is 377. The van der Waals surface area contributed by atoms with Crippen LogP contribution in [0.2, 0.25) is 10.0 Å². The lowest BCUT2D eigenvalue weighted by molar-refractivity contribution is 0.456. The second-order valence-corrected chi connectivity index (χ2v) is 4.95. The lowest BCUT2D eigenvalue weighted by Gasteiger charge is -2.14. The number of hydrogen-bond donors (Lipinski definition) is 2. The lowest BCUT2D eigenvalue weighted by Crippen LogP contribution is -2.11. The molecule has 0 radical (unpaired) electrons. The highest BCUT2D eigenvalue weighted by molar-refractivity contribution is 6.35. The van der Waals surface area contributed by atoms with E-state index in [2.05, 4.69) is 0 Å². The number of halogens is 2. The Balaban J connectivity index is 2.24. The van der Waals surface area contributed by atoms with Crippen LogP contribution in [0.5, 0.6) is 5.75 Å².